The Morgan fingerprint density at radius 2 is 2.04 bits per heavy atom. The van der Waals surface area contributed by atoms with Gasteiger partial charge in [0.15, 0.2) is 0 Å². The Hall–Kier alpha value is -2.41. The summed E-state index contributed by atoms with van der Waals surface area (Å²) in [5, 5.41) is 9.03. The van der Waals surface area contributed by atoms with Gasteiger partial charge in [-0.05, 0) is 30.7 Å². The van der Waals surface area contributed by atoms with Crippen molar-refractivity contribution in [2.45, 2.75) is 29.9 Å². The standard InChI is InChI=1S/C17H20N2O6S/c1-3-8-18-26(23,24)15-6-4-12(5-7-15)17(22)19-11-14(25-2)9-13(19)10-16(20)21/h1,4-7,13-14,18H,8-11H2,2H3,(H,20,21). The Labute approximate surface area is 152 Å². The molecule has 140 valence electrons. The van der Waals surface area contributed by atoms with Gasteiger partial charge in [0.25, 0.3) is 5.91 Å². The fourth-order valence-electron chi connectivity index (χ4n) is 2.85. The van der Waals surface area contributed by atoms with Crippen LogP contribution in [0.15, 0.2) is 29.2 Å². The molecule has 2 rings (SSSR count). The molecule has 0 spiro atoms. The van der Waals surface area contributed by atoms with Crippen molar-refractivity contribution in [2.24, 2.45) is 0 Å². The van der Waals surface area contributed by atoms with Crippen LogP contribution in [-0.4, -0.2) is 62.6 Å². The van der Waals surface area contributed by atoms with Crippen LogP contribution in [0.5, 0.6) is 0 Å². The Bertz CT molecular complexity index is 813. The molecule has 2 unspecified atom stereocenters. The second kappa shape index (κ2) is 8.31. The maximum absolute atomic E-state index is 12.7. The zero-order valence-corrected chi connectivity index (χ0v) is 15.0. The summed E-state index contributed by atoms with van der Waals surface area (Å²) in [5.74, 6) is 0.820. The van der Waals surface area contributed by atoms with Crippen LogP contribution in [0.25, 0.3) is 0 Å². The van der Waals surface area contributed by atoms with Gasteiger partial charge in [-0.2, -0.15) is 4.72 Å². The largest absolute Gasteiger partial charge is 0.481 e. The highest BCUT2D eigenvalue weighted by Gasteiger charge is 2.36. The normalized spacial score (nSPS) is 19.9. The average molecular weight is 380 g/mol. The number of hydrogen-bond donors (Lipinski definition) is 2. The summed E-state index contributed by atoms with van der Waals surface area (Å²) in [7, 11) is -2.23. The molecule has 2 atom stereocenters. The number of ether oxygens (including phenoxy) is 1. The number of likely N-dealkylation sites (tertiary alicyclic amines) is 1. The number of nitrogens with one attached hydrogen (secondary N) is 1. The van der Waals surface area contributed by atoms with E-state index in [-0.39, 0.29) is 42.0 Å². The van der Waals surface area contributed by atoms with Gasteiger partial charge >= 0.3 is 5.97 Å². The van der Waals surface area contributed by atoms with E-state index in [1.54, 1.807) is 0 Å². The van der Waals surface area contributed by atoms with E-state index in [9.17, 15) is 18.0 Å². The van der Waals surface area contributed by atoms with Crippen LogP contribution in [0.4, 0.5) is 0 Å². The van der Waals surface area contributed by atoms with Crippen LogP contribution < -0.4 is 4.72 Å². The molecule has 0 aliphatic carbocycles. The van der Waals surface area contributed by atoms with Crippen LogP contribution in [0, 0.1) is 12.3 Å². The Kier molecular flexibility index (Phi) is 6.37. The van der Waals surface area contributed by atoms with Crippen molar-refractivity contribution in [2.75, 3.05) is 20.2 Å². The number of nitrogens with zero attached hydrogens (tertiary/aromatic N) is 1. The van der Waals surface area contributed by atoms with Crippen LogP contribution in [0.3, 0.4) is 0 Å². The number of amides is 1. The Morgan fingerprint density at radius 3 is 2.58 bits per heavy atom. The number of benzene rings is 1. The maximum Gasteiger partial charge on any atom is 0.305 e. The predicted molar refractivity (Wildman–Crippen MR) is 93.0 cm³/mol. The minimum atomic E-state index is -3.74. The van der Waals surface area contributed by atoms with E-state index in [2.05, 4.69) is 10.6 Å². The van der Waals surface area contributed by atoms with E-state index >= 15 is 0 Å². The highest BCUT2D eigenvalue weighted by atomic mass is 32.2. The topological polar surface area (TPSA) is 113 Å². The lowest BCUT2D eigenvalue weighted by Gasteiger charge is -2.23. The molecule has 1 heterocycles. The van der Waals surface area contributed by atoms with Crippen molar-refractivity contribution in [3.8, 4) is 12.3 Å². The number of carboxylic acids is 1. The fraction of sp³-hybridized carbons (Fsp3) is 0.412. The van der Waals surface area contributed by atoms with E-state index in [4.69, 9.17) is 16.3 Å². The van der Waals surface area contributed by atoms with E-state index < -0.39 is 22.0 Å². The quantitative estimate of drug-likeness (QED) is 0.658. The van der Waals surface area contributed by atoms with E-state index in [1.165, 1.54) is 36.3 Å². The van der Waals surface area contributed by atoms with Gasteiger partial charge in [-0.1, -0.05) is 5.92 Å². The molecule has 1 aliphatic rings. The molecule has 0 saturated carbocycles. The van der Waals surface area contributed by atoms with Gasteiger partial charge in [0, 0.05) is 25.3 Å². The molecule has 26 heavy (non-hydrogen) atoms. The zero-order chi connectivity index (χ0) is 19.3. The number of carboxylic acid groups (broad SMARTS) is 1. The van der Waals surface area contributed by atoms with Gasteiger partial charge in [0.1, 0.15) is 0 Å². The smallest absolute Gasteiger partial charge is 0.305 e. The minimum absolute atomic E-state index is 0.0115. The van der Waals surface area contributed by atoms with Gasteiger partial charge in [0.2, 0.25) is 10.0 Å². The number of carbonyl (C=O) groups excluding carboxylic acids is 1. The summed E-state index contributed by atoms with van der Waals surface area (Å²) in [5.41, 5.74) is 0.271. The molecule has 1 aliphatic heterocycles. The van der Waals surface area contributed by atoms with Crippen LogP contribution >= 0.6 is 0 Å². The number of rotatable bonds is 7. The molecule has 0 radical (unpaired) electrons. The Balaban J connectivity index is 2.18. The van der Waals surface area contributed by atoms with Crippen molar-refractivity contribution < 1.29 is 27.9 Å². The van der Waals surface area contributed by atoms with Gasteiger partial charge in [-0.15, -0.1) is 6.42 Å². The lowest BCUT2D eigenvalue weighted by atomic mass is 10.1. The predicted octanol–water partition coefficient (Wildman–Crippen LogP) is 0.302. The summed E-state index contributed by atoms with van der Waals surface area (Å²) < 4.78 is 31.5. The first kappa shape index (κ1) is 19.9. The third-order valence-electron chi connectivity index (χ3n) is 4.16. The second-order valence-electron chi connectivity index (χ2n) is 5.86. The monoisotopic (exact) mass is 380 g/mol. The van der Waals surface area contributed by atoms with Gasteiger partial charge in [-0.25, -0.2) is 8.42 Å². The summed E-state index contributed by atoms with van der Waals surface area (Å²) >= 11 is 0. The maximum atomic E-state index is 12.7. The molecular weight excluding hydrogens is 360 g/mol. The molecule has 1 aromatic carbocycles. The SMILES string of the molecule is C#CCNS(=O)(=O)c1ccc(C(=O)N2CC(OC)CC2CC(=O)O)cc1. The molecule has 1 amide bonds. The van der Waals surface area contributed by atoms with Gasteiger partial charge in [-0.3, -0.25) is 9.59 Å². The zero-order valence-electron chi connectivity index (χ0n) is 14.2. The third kappa shape index (κ3) is 4.60. The van der Waals surface area contributed by atoms with Gasteiger partial charge in [0.05, 0.1) is 24.0 Å². The Morgan fingerprint density at radius 1 is 1.38 bits per heavy atom. The lowest BCUT2D eigenvalue weighted by Crippen LogP contribution is -2.37. The third-order valence-corrected chi connectivity index (χ3v) is 5.57. The highest BCUT2D eigenvalue weighted by molar-refractivity contribution is 7.89. The summed E-state index contributed by atoms with van der Waals surface area (Å²) in [6.45, 7) is 0.156. The number of carbonyl (C=O) groups is 2. The van der Waals surface area contributed by atoms with Gasteiger partial charge < -0.3 is 14.7 Å². The molecule has 2 N–H and O–H groups in total. The summed E-state index contributed by atoms with van der Waals surface area (Å²) in [6.07, 6.45) is 5.08. The molecular formula is C17H20N2O6S. The van der Waals surface area contributed by atoms with Crippen molar-refractivity contribution in [1.82, 2.24) is 9.62 Å². The molecule has 0 aromatic heterocycles. The van der Waals surface area contributed by atoms with Crippen molar-refractivity contribution in [3.05, 3.63) is 29.8 Å². The first-order valence-electron chi connectivity index (χ1n) is 7.87. The summed E-state index contributed by atoms with van der Waals surface area (Å²) in [4.78, 5) is 25.2. The van der Waals surface area contributed by atoms with Crippen molar-refractivity contribution in [3.63, 3.8) is 0 Å². The number of hydrogen-bond acceptors (Lipinski definition) is 5. The van der Waals surface area contributed by atoms with E-state index in [0.29, 0.717) is 6.42 Å². The molecule has 1 saturated heterocycles. The first-order chi connectivity index (χ1) is 12.3. The van der Waals surface area contributed by atoms with Crippen molar-refractivity contribution in [1.29, 1.82) is 0 Å². The molecule has 1 aromatic rings. The number of methoxy groups -OCH3 is 1. The van der Waals surface area contributed by atoms with E-state index in [1.807, 2.05) is 0 Å². The number of terminal acetylenes is 1. The number of aliphatic carboxylic acids is 1. The summed E-state index contributed by atoms with van der Waals surface area (Å²) in [6, 6.07) is 4.94. The molecule has 0 bridgehead atoms. The highest BCUT2D eigenvalue weighted by Crippen LogP contribution is 2.25. The second-order valence-corrected chi connectivity index (χ2v) is 7.62. The van der Waals surface area contributed by atoms with Crippen LogP contribution in [-0.2, 0) is 19.6 Å². The fourth-order valence-corrected chi connectivity index (χ4v) is 3.79. The van der Waals surface area contributed by atoms with E-state index in [0.717, 1.165) is 0 Å². The van der Waals surface area contributed by atoms with Crippen LogP contribution in [0.1, 0.15) is 23.2 Å². The number of sulfonamides is 1. The first-order valence-corrected chi connectivity index (χ1v) is 9.35. The average Bonchev–Trinajstić information content (AvgIpc) is 3.01. The molecule has 1 fully saturated rings. The minimum Gasteiger partial charge on any atom is -0.481 e. The molecule has 8 nitrogen and oxygen atoms in total. The molecule has 9 heteroatoms. The lowest BCUT2D eigenvalue weighted by molar-refractivity contribution is -0.138. The van der Waals surface area contributed by atoms with Crippen molar-refractivity contribution >= 4 is 21.9 Å². The van der Waals surface area contributed by atoms with Crippen LogP contribution in [0.2, 0.25) is 0 Å².